The molecule has 18 heavy (non-hydrogen) atoms. The molecule has 1 aromatic rings. The first kappa shape index (κ1) is 13.0. The summed E-state index contributed by atoms with van der Waals surface area (Å²) < 4.78 is 0. The van der Waals surface area contributed by atoms with E-state index in [1.165, 1.54) is 12.2 Å². The van der Waals surface area contributed by atoms with Gasteiger partial charge < -0.3 is 5.32 Å². The number of hydrogen-bond acceptors (Lipinski definition) is 3. The molecule has 1 aliphatic heterocycles. The molecule has 0 bridgehead atoms. The van der Waals surface area contributed by atoms with Crippen LogP contribution in [0.5, 0.6) is 0 Å². The smallest absolute Gasteiger partial charge is 0.224 e. The zero-order chi connectivity index (χ0) is 12.8. The van der Waals surface area contributed by atoms with Crippen LogP contribution >= 0.6 is 11.8 Å². The van der Waals surface area contributed by atoms with E-state index in [9.17, 15) is 4.79 Å². The van der Waals surface area contributed by atoms with Crippen LogP contribution in [0.4, 0.5) is 0 Å². The third kappa shape index (κ3) is 3.78. The van der Waals surface area contributed by atoms with Gasteiger partial charge in [0.05, 0.1) is 18.1 Å². The van der Waals surface area contributed by atoms with Gasteiger partial charge in [0, 0.05) is 6.54 Å². The predicted octanol–water partition coefficient (Wildman–Crippen LogP) is 1.97. The molecule has 94 valence electrons. The number of benzene rings is 1. The summed E-state index contributed by atoms with van der Waals surface area (Å²) in [6.45, 7) is 0.794. The van der Waals surface area contributed by atoms with Crippen molar-refractivity contribution in [1.82, 2.24) is 5.32 Å². The van der Waals surface area contributed by atoms with Gasteiger partial charge in [-0.1, -0.05) is 12.1 Å². The second-order valence-electron chi connectivity index (χ2n) is 4.52. The van der Waals surface area contributed by atoms with Crippen LogP contribution in [0, 0.1) is 17.2 Å². The minimum Gasteiger partial charge on any atom is -0.356 e. The lowest BCUT2D eigenvalue weighted by Crippen LogP contribution is -2.30. The Morgan fingerprint density at radius 1 is 1.44 bits per heavy atom. The second kappa shape index (κ2) is 6.46. The van der Waals surface area contributed by atoms with Crippen LogP contribution in [0.2, 0.25) is 0 Å². The average molecular weight is 260 g/mol. The Morgan fingerprint density at radius 3 is 2.83 bits per heavy atom. The van der Waals surface area contributed by atoms with Crippen LogP contribution in [0.25, 0.3) is 0 Å². The van der Waals surface area contributed by atoms with Gasteiger partial charge >= 0.3 is 0 Å². The predicted molar refractivity (Wildman–Crippen MR) is 73.3 cm³/mol. The maximum absolute atomic E-state index is 11.7. The zero-order valence-corrected chi connectivity index (χ0v) is 11.0. The third-order valence-corrected chi connectivity index (χ3v) is 4.29. The molecule has 0 radical (unpaired) electrons. The minimum absolute atomic E-state index is 0.0663. The number of carbonyl (C=O) groups excluding carboxylic acids is 1. The number of nitriles is 1. The summed E-state index contributed by atoms with van der Waals surface area (Å²) in [7, 11) is 0. The number of nitrogens with zero attached hydrogens (tertiary/aromatic N) is 1. The van der Waals surface area contributed by atoms with Crippen molar-refractivity contribution in [2.45, 2.75) is 12.8 Å². The number of thioether (sulfide) groups is 1. The molecule has 0 spiro atoms. The number of nitrogens with one attached hydrogen (secondary N) is 1. The molecule has 0 aromatic heterocycles. The number of carbonyl (C=O) groups is 1. The summed E-state index contributed by atoms with van der Waals surface area (Å²) in [5.41, 5.74) is 1.58. The van der Waals surface area contributed by atoms with E-state index >= 15 is 0 Å². The minimum atomic E-state index is 0.0663. The van der Waals surface area contributed by atoms with Gasteiger partial charge in [0.2, 0.25) is 5.91 Å². The number of amides is 1. The normalized spacial score (nSPS) is 18.3. The molecular weight excluding hydrogens is 244 g/mol. The fraction of sp³-hybridized carbons (Fsp3) is 0.429. The van der Waals surface area contributed by atoms with Crippen LogP contribution in [-0.4, -0.2) is 24.0 Å². The summed E-state index contributed by atoms with van der Waals surface area (Å²) in [5, 5.41) is 11.7. The van der Waals surface area contributed by atoms with E-state index in [1.807, 2.05) is 23.9 Å². The van der Waals surface area contributed by atoms with Gasteiger partial charge in [0.25, 0.3) is 0 Å². The Morgan fingerprint density at radius 2 is 2.22 bits per heavy atom. The lowest BCUT2D eigenvalue weighted by atomic mass is 10.1. The first-order valence-corrected chi connectivity index (χ1v) is 7.27. The number of rotatable bonds is 4. The Hall–Kier alpha value is -1.47. The molecule has 0 aliphatic carbocycles. The maximum Gasteiger partial charge on any atom is 0.224 e. The monoisotopic (exact) mass is 260 g/mol. The summed E-state index contributed by atoms with van der Waals surface area (Å²) in [5.74, 6) is 3.09. The van der Waals surface area contributed by atoms with Crippen molar-refractivity contribution in [2.24, 2.45) is 5.92 Å². The quantitative estimate of drug-likeness (QED) is 0.900. The highest BCUT2D eigenvalue weighted by molar-refractivity contribution is 7.99. The highest BCUT2D eigenvalue weighted by atomic mass is 32.2. The van der Waals surface area contributed by atoms with Crippen LogP contribution in [0.15, 0.2) is 24.3 Å². The third-order valence-electron chi connectivity index (χ3n) is 3.06. The molecule has 1 unspecified atom stereocenters. The highest BCUT2D eigenvalue weighted by Gasteiger charge is 2.16. The Kier molecular flexibility index (Phi) is 4.66. The second-order valence-corrected chi connectivity index (χ2v) is 5.67. The van der Waals surface area contributed by atoms with Gasteiger partial charge in [-0.15, -0.1) is 0 Å². The standard InChI is InChI=1S/C14H16N2OS/c15-8-12-3-1-11(2-4-12)7-14(17)16-9-13-5-6-18-10-13/h1-4,13H,5-7,9-10H2,(H,16,17). The van der Waals surface area contributed by atoms with E-state index < -0.39 is 0 Å². The summed E-state index contributed by atoms with van der Waals surface area (Å²) in [6, 6.07) is 9.23. The van der Waals surface area contributed by atoms with E-state index in [2.05, 4.69) is 11.4 Å². The van der Waals surface area contributed by atoms with Crippen molar-refractivity contribution in [2.75, 3.05) is 18.1 Å². The first-order valence-electron chi connectivity index (χ1n) is 6.11. The topological polar surface area (TPSA) is 52.9 Å². The van der Waals surface area contributed by atoms with E-state index in [-0.39, 0.29) is 5.91 Å². The average Bonchev–Trinajstić information content (AvgIpc) is 2.90. The maximum atomic E-state index is 11.7. The van der Waals surface area contributed by atoms with E-state index in [0.29, 0.717) is 17.9 Å². The molecule has 1 heterocycles. The van der Waals surface area contributed by atoms with Crippen LogP contribution in [0.1, 0.15) is 17.5 Å². The molecule has 1 amide bonds. The van der Waals surface area contributed by atoms with E-state index in [0.717, 1.165) is 17.9 Å². The fourth-order valence-corrected chi connectivity index (χ4v) is 3.23. The van der Waals surface area contributed by atoms with Crippen molar-refractivity contribution < 1.29 is 4.79 Å². The molecule has 2 rings (SSSR count). The number of hydrogen-bond donors (Lipinski definition) is 1. The van der Waals surface area contributed by atoms with Gasteiger partial charge in [0.1, 0.15) is 0 Å². The van der Waals surface area contributed by atoms with Crippen molar-refractivity contribution in [3.63, 3.8) is 0 Å². The van der Waals surface area contributed by atoms with E-state index in [4.69, 9.17) is 5.26 Å². The molecule has 3 nitrogen and oxygen atoms in total. The zero-order valence-electron chi connectivity index (χ0n) is 10.2. The molecule has 1 aliphatic rings. The molecule has 1 aromatic carbocycles. The summed E-state index contributed by atoms with van der Waals surface area (Å²) in [4.78, 5) is 11.7. The lowest BCUT2D eigenvalue weighted by molar-refractivity contribution is -0.120. The molecule has 1 fully saturated rings. The van der Waals surface area contributed by atoms with E-state index in [1.54, 1.807) is 12.1 Å². The van der Waals surface area contributed by atoms with Crippen molar-refractivity contribution in [1.29, 1.82) is 5.26 Å². The Labute approximate surface area is 112 Å². The van der Waals surface area contributed by atoms with Crippen LogP contribution < -0.4 is 5.32 Å². The summed E-state index contributed by atoms with van der Waals surface area (Å²) in [6.07, 6.45) is 1.60. The Bertz CT molecular complexity index is 444. The molecule has 1 N–H and O–H groups in total. The van der Waals surface area contributed by atoms with Gasteiger partial charge in [-0.05, 0) is 41.5 Å². The van der Waals surface area contributed by atoms with Gasteiger partial charge in [-0.25, -0.2) is 0 Å². The van der Waals surface area contributed by atoms with Crippen molar-refractivity contribution in [3.05, 3.63) is 35.4 Å². The molecule has 4 heteroatoms. The van der Waals surface area contributed by atoms with Crippen molar-refractivity contribution in [3.8, 4) is 6.07 Å². The highest BCUT2D eigenvalue weighted by Crippen LogP contribution is 2.22. The molecule has 1 atom stereocenters. The molecule has 1 saturated heterocycles. The van der Waals surface area contributed by atoms with Gasteiger partial charge in [0.15, 0.2) is 0 Å². The summed E-state index contributed by atoms with van der Waals surface area (Å²) >= 11 is 1.96. The van der Waals surface area contributed by atoms with Crippen LogP contribution in [0.3, 0.4) is 0 Å². The fourth-order valence-electron chi connectivity index (χ4n) is 1.95. The first-order chi connectivity index (χ1) is 8.78. The largest absolute Gasteiger partial charge is 0.356 e. The lowest BCUT2D eigenvalue weighted by Gasteiger charge is -2.10. The molecule has 0 saturated carbocycles. The van der Waals surface area contributed by atoms with Gasteiger partial charge in [-0.2, -0.15) is 17.0 Å². The van der Waals surface area contributed by atoms with Crippen molar-refractivity contribution >= 4 is 17.7 Å². The van der Waals surface area contributed by atoms with Gasteiger partial charge in [-0.3, -0.25) is 4.79 Å². The Balaban J connectivity index is 1.77. The van der Waals surface area contributed by atoms with Crippen LogP contribution in [-0.2, 0) is 11.2 Å². The molecular formula is C14H16N2OS. The SMILES string of the molecule is N#Cc1ccc(CC(=O)NCC2CCSC2)cc1.